The van der Waals surface area contributed by atoms with Crippen LogP contribution in [-0.2, 0) is 24.3 Å². The molecule has 1 aromatic rings. The molecule has 166 valence electrons. The van der Waals surface area contributed by atoms with Gasteiger partial charge in [-0.3, -0.25) is 4.72 Å². The van der Waals surface area contributed by atoms with Gasteiger partial charge in [0.2, 0.25) is 10.0 Å². The van der Waals surface area contributed by atoms with E-state index in [4.69, 9.17) is 32.7 Å². The van der Waals surface area contributed by atoms with E-state index in [0.29, 0.717) is 0 Å². The van der Waals surface area contributed by atoms with E-state index >= 15 is 0 Å². The molecule has 3 rings (SSSR count). The molecule has 0 amide bonds. The number of carboxylic acid groups (broad SMARTS) is 1. The summed E-state index contributed by atoms with van der Waals surface area (Å²) in [4.78, 5) is 11.8. The number of hydrogen-bond acceptors (Lipinski definition) is 7. The van der Waals surface area contributed by atoms with E-state index in [9.17, 15) is 32.9 Å². The number of aliphatic hydroxyl groups excluding tert-OH is 2. The van der Waals surface area contributed by atoms with Crippen molar-refractivity contribution in [1.82, 2.24) is 0 Å². The molecule has 9 nitrogen and oxygen atoms in total. The highest BCUT2D eigenvalue weighted by Gasteiger charge is 2.51. The van der Waals surface area contributed by atoms with Crippen molar-refractivity contribution in [3.8, 4) is 0 Å². The first-order valence-electron chi connectivity index (χ1n) is 8.71. The smallest absolute Gasteiger partial charge is 0.332 e. The highest BCUT2D eigenvalue weighted by Crippen LogP contribution is 2.42. The lowest BCUT2D eigenvalue weighted by molar-refractivity contribution is -0.153. The Kier molecular flexibility index (Phi) is 6.63. The Bertz CT molecular complexity index is 951. The molecule has 0 saturated carbocycles. The van der Waals surface area contributed by atoms with Crippen LogP contribution in [-0.4, -0.2) is 66.2 Å². The van der Waals surface area contributed by atoms with Crippen LogP contribution in [0.3, 0.4) is 0 Å². The SMILES string of the molecule is O=C(O)C1=CC2(CCC1S(=O)(=O)Nc1c(Cl)cc(F)cc1Cl)O[C@H](CO)[C@@H](CO)O2. The third-order valence-electron chi connectivity index (χ3n) is 4.83. The van der Waals surface area contributed by atoms with Crippen molar-refractivity contribution >= 4 is 44.9 Å². The molecule has 1 saturated heterocycles. The Morgan fingerprint density at radius 1 is 1.20 bits per heavy atom. The van der Waals surface area contributed by atoms with Gasteiger partial charge < -0.3 is 24.8 Å². The Hall–Kier alpha value is -1.47. The summed E-state index contributed by atoms with van der Waals surface area (Å²) in [5, 5.41) is 26.2. The number of nitrogens with one attached hydrogen (secondary N) is 1. The van der Waals surface area contributed by atoms with Gasteiger partial charge in [-0.05, 0) is 24.6 Å². The van der Waals surface area contributed by atoms with E-state index in [1.807, 2.05) is 0 Å². The second kappa shape index (κ2) is 8.58. The normalized spacial score (nSPS) is 25.9. The molecule has 13 heteroatoms. The number of aliphatic carboxylic acids is 1. The molecule has 1 heterocycles. The van der Waals surface area contributed by atoms with Crippen LogP contribution in [0.2, 0.25) is 10.0 Å². The van der Waals surface area contributed by atoms with Gasteiger partial charge in [0.25, 0.3) is 0 Å². The van der Waals surface area contributed by atoms with Crippen molar-refractivity contribution in [3.05, 3.63) is 39.6 Å². The summed E-state index contributed by atoms with van der Waals surface area (Å²) in [6, 6.07) is 1.72. The summed E-state index contributed by atoms with van der Waals surface area (Å²) in [5.41, 5.74) is -0.808. The fourth-order valence-electron chi connectivity index (χ4n) is 3.45. The zero-order chi connectivity index (χ0) is 22.3. The lowest BCUT2D eigenvalue weighted by Gasteiger charge is -2.33. The number of aliphatic hydroxyl groups is 2. The van der Waals surface area contributed by atoms with Crippen LogP contribution in [0.15, 0.2) is 23.8 Å². The second-order valence-corrected chi connectivity index (χ2v) is 9.49. The number of benzene rings is 1. The quantitative estimate of drug-likeness (QED) is 0.474. The Balaban J connectivity index is 1.94. The standard InChI is InChI=1S/C17H18Cl2FNO8S/c18-10-3-8(20)4-11(19)15(10)21-30(26,27)14-1-2-17(5-9(14)16(24)25)28-12(6-22)13(7-23)29-17/h3-5,12-14,21-23H,1-2,6-7H2,(H,24,25)/t12-,13-,14?/m1/s1. The number of carboxylic acids is 1. The van der Waals surface area contributed by atoms with E-state index in [-0.39, 0.29) is 28.6 Å². The molecule has 3 atom stereocenters. The highest BCUT2D eigenvalue weighted by atomic mass is 35.5. The predicted molar refractivity (Wildman–Crippen MR) is 104 cm³/mol. The number of sulfonamides is 1. The van der Waals surface area contributed by atoms with Gasteiger partial charge in [0.05, 0.1) is 34.5 Å². The van der Waals surface area contributed by atoms with Gasteiger partial charge in [0.1, 0.15) is 23.3 Å². The van der Waals surface area contributed by atoms with E-state index in [1.54, 1.807) is 0 Å². The summed E-state index contributed by atoms with van der Waals surface area (Å²) >= 11 is 11.7. The van der Waals surface area contributed by atoms with Crippen LogP contribution in [0.5, 0.6) is 0 Å². The minimum Gasteiger partial charge on any atom is -0.478 e. The first kappa shape index (κ1) is 23.2. The number of rotatable bonds is 6. The van der Waals surface area contributed by atoms with Gasteiger partial charge >= 0.3 is 5.97 Å². The maximum absolute atomic E-state index is 13.4. The molecular weight excluding hydrogens is 468 g/mol. The molecule has 1 fully saturated rings. The average molecular weight is 486 g/mol. The van der Waals surface area contributed by atoms with Crippen molar-refractivity contribution in [3.63, 3.8) is 0 Å². The zero-order valence-electron chi connectivity index (χ0n) is 15.2. The molecule has 0 aromatic heterocycles. The Morgan fingerprint density at radius 2 is 1.73 bits per heavy atom. The van der Waals surface area contributed by atoms with Crippen LogP contribution < -0.4 is 4.72 Å². The molecule has 1 aromatic carbocycles. The maximum Gasteiger partial charge on any atom is 0.332 e. The van der Waals surface area contributed by atoms with E-state index in [2.05, 4.69) is 4.72 Å². The van der Waals surface area contributed by atoms with Crippen molar-refractivity contribution in [2.75, 3.05) is 17.9 Å². The number of carbonyl (C=O) groups is 1. The van der Waals surface area contributed by atoms with Gasteiger partial charge in [-0.1, -0.05) is 23.2 Å². The first-order chi connectivity index (χ1) is 14.0. The number of hydrogen-bond donors (Lipinski definition) is 4. The second-order valence-electron chi connectivity index (χ2n) is 6.81. The number of anilines is 1. The van der Waals surface area contributed by atoms with E-state index in [0.717, 1.165) is 18.2 Å². The average Bonchev–Trinajstić information content (AvgIpc) is 3.01. The van der Waals surface area contributed by atoms with Crippen molar-refractivity contribution in [2.45, 2.75) is 36.1 Å². The van der Waals surface area contributed by atoms with Crippen LogP contribution in [0.25, 0.3) is 0 Å². The summed E-state index contributed by atoms with van der Waals surface area (Å²) < 4.78 is 52.5. The molecule has 0 bridgehead atoms. The van der Waals surface area contributed by atoms with Gasteiger partial charge in [-0.25, -0.2) is 17.6 Å². The third kappa shape index (κ3) is 4.42. The highest BCUT2D eigenvalue weighted by molar-refractivity contribution is 7.93. The minimum absolute atomic E-state index is 0.0623. The van der Waals surface area contributed by atoms with E-state index in [1.165, 1.54) is 0 Å². The zero-order valence-corrected chi connectivity index (χ0v) is 17.5. The Labute approximate surface area is 181 Å². The van der Waals surface area contributed by atoms with Crippen LogP contribution >= 0.6 is 23.2 Å². The minimum atomic E-state index is -4.37. The summed E-state index contributed by atoms with van der Waals surface area (Å²) in [5.74, 6) is -3.89. The summed E-state index contributed by atoms with van der Waals surface area (Å²) in [6.07, 6.45) is -1.06. The van der Waals surface area contributed by atoms with Crippen molar-refractivity contribution in [2.24, 2.45) is 0 Å². The molecule has 4 N–H and O–H groups in total. The van der Waals surface area contributed by atoms with Crippen LogP contribution in [0.4, 0.5) is 10.1 Å². The lowest BCUT2D eigenvalue weighted by atomic mass is 9.94. The van der Waals surface area contributed by atoms with Crippen molar-refractivity contribution < 1.29 is 42.4 Å². The predicted octanol–water partition coefficient (Wildman–Crippen LogP) is 1.51. The topological polar surface area (TPSA) is 142 Å². The number of halogens is 3. The van der Waals surface area contributed by atoms with Crippen LogP contribution in [0.1, 0.15) is 12.8 Å². The third-order valence-corrected chi connectivity index (χ3v) is 7.15. The molecule has 30 heavy (non-hydrogen) atoms. The van der Waals surface area contributed by atoms with Crippen molar-refractivity contribution in [1.29, 1.82) is 0 Å². The molecule has 1 aliphatic heterocycles. The first-order valence-corrected chi connectivity index (χ1v) is 11.0. The number of ether oxygens (including phenoxy) is 2. The van der Waals surface area contributed by atoms with E-state index < -0.39 is 63.8 Å². The van der Waals surface area contributed by atoms with Gasteiger partial charge in [-0.2, -0.15) is 0 Å². The molecule has 1 spiro atoms. The van der Waals surface area contributed by atoms with Gasteiger partial charge in [-0.15, -0.1) is 0 Å². The largest absolute Gasteiger partial charge is 0.478 e. The molecule has 1 unspecified atom stereocenters. The fraction of sp³-hybridized carbons (Fsp3) is 0.471. The maximum atomic E-state index is 13.4. The van der Waals surface area contributed by atoms with Gasteiger partial charge in [0.15, 0.2) is 5.79 Å². The lowest BCUT2D eigenvalue weighted by Crippen LogP contribution is -2.42. The molecule has 0 radical (unpaired) electrons. The Morgan fingerprint density at radius 3 is 2.20 bits per heavy atom. The van der Waals surface area contributed by atoms with Crippen LogP contribution in [0, 0.1) is 5.82 Å². The molecule has 1 aliphatic carbocycles. The monoisotopic (exact) mass is 485 g/mol. The van der Waals surface area contributed by atoms with Gasteiger partial charge in [0, 0.05) is 6.42 Å². The molecule has 2 aliphatic rings. The summed E-state index contributed by atoms with van der Waals surface area (Å²) in [7, 11) is -4.37. The summed E-state index contributed by atoms with van der Waals surface area (Å²) in [6.45, 7) is -0.956. The molecular formula is C17H18Cl2FNO8S. The fourth-order valence-corrected chi connectivity index (χ4v) is 5.70.